The number of aliphatic hydroxyl groups excluding tert-OH is 1. The van der Waals surface area contributed by atoms with E-state index in [2.05, 4.69) is 5.32 Å². The summed E-state index contributed by atoms with van der Waals surface area (Å²) in [6.45, 7) is 2.76. The summed E-state index contributed by atoms with van der Waals surface area (Å²) in [5, 5.41) is 22.3. The molecular weight excluding hydrogens is 424 g/mol. The molecule has 0 aromatic heterocycles. The first-order valence-corrected chi connectivity index (χ1v) is 10.7. The maximum absolute atomic E-state index is 13.1. The van der Waals surface area contributed by atoms with Gasteiger partial charge in [-0.25, -0.2) is 0 Å². The number of ether oxygens (including phenoxy) is 1. The normalized spacial score (nSPS) is 18.7. The molecule has 0 saturated carbocycles. The number of nitrogens with one attached hydrogen (secondary N) is 1. The summed E-state index contributed by atoms with van der Waals surface area (Å²) in [6.07, 6.45) is -2.54. The summed E-state index contributed by atoms with van der Waals surface area (Å²) < 4.78 is 5.47. The van der Waals surface area contributed by atoms with E-state index in [-0.39, 0.29) is 19.1 Å². The van der Waals surface area contributed by atoms with Gasteiger partial charge in [0.05, 0.1) is 18.2 Å². The SMILES string of the molecule is CCc1cc(C#N)ccc1NC(=O)C(O)[C@H]1OCCN(c2ccc3c(c2)C(=O)N(C)C3)C1=O. The van der Waals surface area contributed by atoms with Gasteiger partial charge in [0.2, 0.25) is 0 Å². The summed E-state index contributed by atoms with van der Waals surface area (Å²) in [7, 11) is 1.71. The van der Waals surface area contributed by atoms with Crippen LogP contribution in [0, 0.1) is 11.3 Å². The Morgan fingerprint density at radius 2 is 2.09 bits per heavy atom. The highest BCUT2D eigenvalue weighted by molar-refractivity contribution is 6.05. The van der Waals surface area contributed by atoms with Gasteiger partial charge in [-0.3, -0.25) is 14.4 Å². The van der Waals surface area contributed by atoms with Crippen LogP contribution in [0.25, 0.3) is 0 Å². The Balaban J connectivity index is 1.51. The second kappa shape index (κ2) is 9.02. The summed E-state index contributed by atoms with van der Waals surface area (Å²) in [5.74, 6) is -1.45. The number of morpholine rings is 1. The van der Waals surface area contributed by atoms with Gasteiger partial charge in [0.1, 0.15) is 0 Å². The molecule has 0 spiro atoms. The van der Waals surface area contributed by atoms with Crippen molar-refractivity contribution in [2.45, 2.75) is 32.1 Å². The Kier molecular flexibility index (Phi) is 6.14. The van der Waals surface area contributed by atoms with Crippen LogP contribution in [0.15, 0.2) is 36.4 Å². The van der Waals surface area contributed by atoms with Crippen molar-refractivity contribution in [1.82, 2.24) is 4.90 Å². The van der Waals surface area contributed by atoms with Crippen LogP contribution in [-0.4, -0.2) is 60.1 Å². The summed E-state index contributed by atoms with van der Waals surface area (Å²) >= 11 is 0. The van der Waals surface area contributed by atoms with Crippen molar-refractivity contribution in [2.75, 3.05) is 30.4 Å². The first kappa shape index (κ1) is 22.5. The van der Waals surface area contributed by atoms with Crippen LogP contribution in [0.3, 0.4) is 0 Å². The number of carbonyl (C=O) groups excluding carboxylic acids is 3. The largest absolute Gasteiger partial charge is 0.380 e. The zero-order valence-corrected chi connectivity index (χ0v) is 18.4. The van der Waals surface area contributed by atoms with Gasteiger partial charge in [-0.15, -0.1) is 0 Å². The molecule has 2 N–H and O–H groups in total. The molecule has 9 heteroatoms. The molecule has 4 rings (SSSR count). The van der Waals surface area contributed by atoms with E-state index in [1.165, 1.54) is 4.90 Å². The van der Waals surface area contributed by atoms with E-state index in [0.29, 0.717) is 35.5 Å². The van der Waals surface area contributed by atoms with Gasteiger partial charge < -0.3 is 25.0 Å². The molecule has 33 heavy (non-hydrogen) atoms. The monoisotopic (exact) mass is 448 g/mol. The van der Waals surface area contributed by atoms with E-state index < -0.39 is 24.0 Å². The minimum atomic E-state index is -1.73. The third kappa shape index (κ3) is 4.18. The highest BCUT2D eigenvalue weighted by Gasteiger charge is 2.40. The molecular formula is C24H24N4O5. The van der Waals surface area contributed by atoms with Crippen LogP contribution < -0.4 is 10.2 Å². The van der Waals surface area contributed by atoms with Crippen LogP contribution in [-0.2, 0) is 27.3 Å². The lowest BCUT2D eigenvalue weighted by molar-refractivity contribution is -0.150. The fourth-order valence-corrected chi connectivity index (χ4v) is 4.11. The van der Waals surface area contributed by atoms with Gasteiger partial charge in [0.25, 0.3) is 17.7 Å². The van der Waals surface area contributed by atoms with E-state index in [0.717, 1.165) is 11.1 Å². The molecule has 2 aliphatic heterocycles. The summed E-state index contributed by atoms with van der Waals surface area (Å²) in [5.41, 5.74) is 3.60. The lowest BCUT2D eigenvalue weighted by Crippen LogP contribution is -2.55. The van der Waals surface area contributed by atoms with E-state index in [4.69, 9.17) is 10.00 Å². The topological polar surface area (TPSA) is 123 Å². The van der Waals surface area contributed by atoms with Crippen molar-refractivity contribution in [3.63, 3.8) is 0 Å². The van der Waals surface area contributed by atoms with Crippen molar-refractivity contribution < 1.29 is 24.2 Å². The molecule has 170 valence electrons. The number of rotatable bonds is 5. The maximum atomic E-state index is 13.1. The Morgan fingerprint density at radius 3 is 2.82 bits per heavy atom. The molecule has 3 amide bonds. The first-order chi connectivity index (χ1) is 15.8. The van der Waals surface area contributed by atoms with Crippen molar-refractivity contribution >= 4 is 29.1 Å². The number of fused-ring (bicyclic) bond motifs is 1. The van der Waals surface area contributed by atoms with Gasteiger partial charge in [-0.1, -0.05) is 13.0 Å². The Bertz CT molecular complexity index is 1170. The molecule has 2 atom stereocenters. The van der Waals surface area contributed by atoms with Gasteiger partial charge >= 0.3 is 0 Å². The molecule has 9 nitrogen and oxygen atoms in total. The van der Waals surface area contributed by atoms with Gasteiger partial charge in [-0.05, 0) is 47.9 Å². The highest BCUT2D eigenvalue weighted by Crippen LogP contribution is 2.28. The second-order valence-electron chi connectivity index (χ2n) is 8.06. The number of hydrogen-bond acceptors (Lipinski definition) is 6. The predicted molar refractivity (Wildman–Crippen MR) is 120 cm³/mol. The molecule has 2 aromatic rings. The fraction of sp³-hybridized carbons (Fsp3) is 0.333. The number of hydrogen-bond donors (Lipinski definition) is 2. The van der Waals surface area contributed by atoms with Crippen molar-refractivity contribution in [3.05, 3.63) is 58.7 Å². The van der Waals surface area contributed by atoms with Crippen LogP contribution in [0.4, 0.5) is 11.4 Å². The number of carbonyl (C=O) groups is 3. The molecule has 2 heterocycles. The highest BCUT2D eigenvalue weighted by atomic mass is 16.5. The molecule has 1 fully saturated rings. The van der Waals surface area contributed by atoms with E-state index in [1.54, 1.807) is 42.3 Å². The Morgan fingerprint density at radius 1 is 1.30 bits per heavy atom. The van der Waals surface area contributed by atoms with Crippen LogP contribution in [0.1, 0.15) is 34.0 Å². The lowest BCUT2D eigenvalue weighted by Gasteiger charge is -2.34. The van der Waals surface area contributed by atoms with Gasteiger partial charge in [0, 0.05) is 37.1 Å². The molecule has 2 aromatic carbocycles. The Labute approximate surface area is 191 Å². The van der Waals surface area contributed by atoms with Gasteiger partial charge in [-0.2, -0.15) is 5.26 Å². The lowest BCUT2D eigenvalue weighted by atomic mass is 10.0. The summed E-state index contributed by atoms with van der Waals surface area (Å²) in [4.78, 5) is 41.2. The Hall–Kier alpha value is -3.74. The average Bonchev–Trinajstić information content (AvgIpc) is 3.11. The van der Waals surface area contributed by atoms with Gasteiger partial charge in [0.15, 0.2) is 12.2 Å². The fourth-order valence-electron chi connectivity index (χ4n) is 4.11. The van der Waals surface area contributed by atoms with E-state index in [9.17, 15) is 19.5 Å². The number of aryl methyl sites for hydroxylation is 1. The van der Waals surface area contributed by atoms with Crippen LogP contribution in [0.5, 0.6) is 0 Å². The number of amides is 3. The smallest absolute Gasteiger partial charge is 0.259 e. The minimum absolute atomic E-state index is 0.113. The van der Waals surface area contributed by atoms with Crippen molar-refractivity contribution in [2.24, 2.45) is 0 Å². The summed E-state index contributed by atoms with van der Waals surface area (Å²) in [6, 6.07) is 12.1. The third-order valence-electron chi connectivity index (χ3n) is 5.94. The molecule has 0 radical (unpaired) electrons. The quantitative estimate of drug-likeness (QED) is 0.714. The van der Waals surface area contributed by atoms with Crippen LogP contribution >= 0.6 is 0 Å². The zero-order chi connectivity index (χ0) is 23.7. The number of aliphatic hydroxyl groups is 1. The number of nitriles is 1. The minimum Gasteiger partial charge on any atom is -0.380 e. The van der Waals surface area contributed by atoms with E-state index >= 15 is 0 Å². The predicted octanol–water partition coefficient (Wildman–Crippen LogP) is 1.44. The van der Waals surface area contributed by atoms with Crippen molar-refractivity contribution in [3.8, 4) is 6.07 Å². The number of anilines is 2. The maximum Gasteiger partial charge on any atom is 0.259 e. The standard InChI is InChI=1S/C24H24N4O5/c1-3-15-10-14(12-25)4-7-19(15)26-22(30)20(29)21-24(32)28(8-9-33-21)17-6-5-16-13-27(2)23(31)18(16)11-17/h4-7,10-11,20-21,29H,3,8-9,13H2,1-2H3,(H,26,30)/t20?,21-/m1/s1. The number of benzene rings is 2. The second-order valence-corrected chi connectivity index (χ2v) is 8.06. The number of nitrogens with zero attached hydrogens (tertiary/aromatic N) is 3. The van der Waals surface area contributed by atoms with E-state index in [1.807, 2.05) is 19.1 Å². The zero-order valence-electron chi connectivity index (χ0n) is 18.4. The third-order valence-corrected chi connectivity index (χ3v) is 5.94. The van der Waals surface area contributed by atoms with Crippen molar-refractivity contribution in [1.29, 1.82) is 5.26 Å². The first-order valence-electron chi connectivity index (χ1n) is 10.7. The molecule has 1 unspecified atom stereocenters. The molecule has 0 aliphatic carbocycles. The molecule has 0 bridgehead atoms. The molecule has 2 aliphatic rings. The average molecular weight is 448 g/mol. The molecule has 1 saturated heterocycles. The van der Waals surface area contributed by atoms with Crippen LogP contribution in [0.2, 0.25) is 0 Å².